The Morgan fingerprint density at radius 1 is 1.52 bits per heavy atom. The number of amides is 1. The van der Waals surface area contributed by atoms with Crippen LogP contribution in [0.25, 0.3) is 0 Å². The Balaban J connectivity index is 2.30. The van der Waals surface area contributed by atoms with Gasteiger partial charge in [0.05, 0.1) is 7.11 Å². The lowest BCUT2D eigenvalue weighted by molar-refractivity contribution is -0.142. The van der Waals surface area contributed by atoms with E-state index >= 15 is 0 Å². The molecule has 0 spiro atoms. The zero-order valence-corrected chi connectivity index (χ0v) is 11.1. The average molecular weight is 301 g/mol. The third-order valence-corrected chi connectivity index (χ3v) is 3.33. The fourth-order valence-electron chi connectivity index (χ4n) is 2.43. The number of carboxylic acids is 1. The smallest absolute Gasteiger partial charge is 0.323 e. The van der Waals surface area contributed by atoms with E-state index in [0.29, 0.717) is 0 Å². The highest BCUT2D eigenvalue weighted by Gasteiger charge is 2.35. The zero-order chi connectivity index (χ0) is 15.6. The number of carboxylic acid groups (broad SMARTS) is 1. The number of likely N-dealkylation sites (tertiary alicyclic amines) is 1. The van der Waals surface area contributed by atoms with Gasteiger partial charge in [-0.1, -0.05) is 0 Å². The summed E-state index contributed by atoms with van der Waals surface area (Å²) in [6.07, 6.45) is -0.104. The molecule has 8 heteroatoms. The highest BCUT2D eigenvalue weighted by atomic mass is 19.3. The summed E-state index contributed by atoms with van der Waals surface area (Å²) in [4.78, 5) is 27.1. The molecule has 0 aromatic heterocycles. The summed E-state index contributed by atoms with van der Waals surface area (Å²) in [6.45, 7) is -0.482. The van der Waals surface area contributed by atoms with Crippen LogP contribution in [0.4, 0.5) is 8.92 Å². The van der Waals surface area contributed by atoms with Gasteiger partial charge in [0.2, 0.25) is 5.91 Å². The molecule has 1 aromatic rings. The summed E-state index contributed by atoms with van der Waals surface area (Å²) < 4.78 is 31.5. The molecule has 0 aliphatic carbocycles. The first-order chi connectivity index (χ1) is 9.96. The van der Waals surface area contributed by atoms with Crippen molar-refractivity contribution in [2.45, 2.75) is 12.3 Å². The Bertz CT molecular complexity index is 578. The largest absolute Gasteiger partial charge is 0.497 e. The van der Waals surface area contributed by atoms with E-state index in [4.69, 9.17) is 9.84 Å². The van der Waals surface area contributed by atoms with Crippen LogP contribution in [0, 0.1) is 5.82 Å². The number of nitrogens with zero attached hydrogens (tertiary/aromatic N) is 1. The first kappa shape index (κ1) is 15.0. The van der Waals surface area contributed by atoms with E-state index in [-0.39, 0.29) is 30.0 Å². The summed E-state index contributed by atoms with van der Waals surface area (Å²) in [6, 6.07) is 2.23. The summed E-state index contributed by atoms with van der Waals surface area (Å²) in [5.41, 5.74) is -0.0976. The van der Waals surface area contributed by atoms with Crippen LogP contribution in [0.5, 0.6) is 11.5 Å². The highest BCUT2D eigenvalue weighted by Crippen LogP contribution is 2.38. The van der Waals surface area contributed by atoms with Gasteiger partial charge in [-0.15, -0.1) is 0 Å². The van der Waals surface area contributed by atoms with Crippen LogP contribution in [-0.2, 0) is 9.59 Å². The van der Waals surface area contributed by atoms with Gasteiger partial charge < -0.3 is 14.7 Å². The molecule has 1 amide bonds. The fourth-order valence-corrected chi connectivity index (χ4v) is 2.43. The van der Waals surface area contributed by atoms with E-state index in [1.807, 2.05) is 0 Å². The lowest BCUT2D eigenvalue weighted by Crippen LogP contribution is -2.30. The van der Waals surface area contributed by atoms with Gasteiger partial charge in [0.1, 0.15) is 18.1 Å². The third-order valence-electron chi connectivity index (χ3n) is 3.33. The van der Waals surface area contributed by atoms with Crippen LogP contribution in [0.3, 0.4) is 0 Å². The topological polar surface area (TPSA) is 76.1 Å². The maximum atomic E-state index is 14.1. The molecule has 0 saturated carbocycles. The molecule has 1 heterocycles. The first-order valence-electron chi connectivity index (χ1n) is 6.11. The minimum atomic E-state index is -1.17. The molecule has 6 nitrogen and oxygen atoms in total. The van der Waals surface area contributed by atoms with Gasteiger partial charge in [-0.25, -0.2) is 4.39 Å². The number of benzene rings is 1. The molecule has 0 bridgehead atoms. The van der Waals surface area contributed by atoms with Gasteiger partial charge >= 0.3 is 5.97 Å². The van der Waals surface area contributed by atoms with Crippen molar-refractivity contribution in [3.63, 3.8) is 0 Å². The highest BCUT2D eigenvalue weighted by molar-refractivity contribution is 5.84. The van der Waals surface area contributed by atoms with Crippen molar-refractivity contribution in [2.24, 2.45) is 0 Å². The Hall–Kier alpha value is -2.38. The molecule has 2 rings (SSSR count). The maximum absolute atomic E-state index is 14.1. The minimum Gasteiger partial charge on any atom is -0.497 e. The molecule has 1 N–H and O–H groups in total. The monoisotopic (exact) mass is 301 g/mol. The van der Waals surface area contributed by atoms with E-state index < -0.39 is 30.2 Å². The SMILES string of the molecule is COc1cc(F)c(C2CC(=O)N(CC(=O)O)C2)c(OF)c1. The normalized spacial score (nSPS) is 18.0. The molecule has 1 fully saturated rings. The number of carbonyl (C=O) groups is 2. The van der Waals surface area contributed by atoms with Crippen LogP contribution >= 0.6 is 0 Å². The summed E-state index contributed by atoms with van der Waals surface area (Å²) in [5.74, 6) is -3.33. The van der Waals surface area contributed by atoms with Gasteiger partial charge in [-0.05, 0) is 0 Å². The van der Waals surface area contributed by atoms with Crippen LogP contribution < -0.4 is 9.68 Å². The van der Waals surface area contributed by atoms with E-state index in [2.05, 4.69) is 4.94 Å². The number of halogens is 2. The quantitative estimate of drug-likeness (QED) is 0.892. The van der Waals surface area contributed by atoms with Crippen LogP contribution in [0.15, 0.2) is 12.1 Å². The summed E-state index contributed by atoms with van der Waals surface area (Å²) >= 11 is 0. The molecular weight excluding hydrogens is 288 g/mol. The van der Waals surface area contributed by atoms with Crippen molar-refractivity contribution in [1.82, 2.24) is 4.90 Å². The second kappa shape index (κ2) is 5.94. The van der Waals surface area contributed by atoms with Crippen molar-refractivity contribution < 1.29 is 33.3 Å². The minimum absolute atomic E-state index is 0.00918. The molecule has 114 valence electrons. The average Bonchev–Trinajstić information content (AvgIpc) is 2.77. The van der Waals surface area contributed by atoms with Crippen molar-refractivity contribution >= 4 is 11.9 Å². The fraction of sp³-hybridized carbons (Fsp3) is 0.385. The van der Waals surface area contributed by atoms with Crippen LogP contribution in [0.2, 0.25) is 0 Å². The van der Waals surface area contributed by atoms with Crippen LogP contribution in [-0.4, -0.2) is 42.1 Å². The molecule has 1 aliphatic rings. The second-order valence-corrected chi connectivity index (χ2v) is 4.67. The molecule has 1 unspecified atom stereocenters. The Labute approximate surface area is 118 Å². The number of hydrogen-bond acceptors (Lipinski definition) is 4. The van der Waals surface area contributed by atoms with E-state index in [9.17, 15) is 18.5 Å². The Kier molecular flexibility index (Phi) is 4.25. The van der Waals surface area contributed by atoms with Gasteiger partial charge in [0.25, 0.3) is 0 Å². The van der Waals surface area contributed by atoms with E-state index in [1.165, 1.54) is 13.2 Å². The Morgan fingerprint density at radius 2 is 2.24 bits per heavy atom. The Morgan fingerprint density at radius 3 is 2.81 bits per heavy atom. The molecule has 1 aliphatic heterocycles. The number of rotatable bonds is 5. The molecule has 1 aromatic carbocycles. The number of ether oxygens (including phenoxy) is 1. The predicted molar refractivity (Wildman–Crippen MR) is 66.3 cm³/mol. The molecule has 21 heavy (non-hydrogen) atoms. The van der Waals surface area contributed by atoms with Gasteiger partial charge in [0.15, 0.2) is 5.75 Å². The second-order valence-electron chi connectivity index (χ2n) is 4.67. The number of carbonyl (C=O) groups excluding carboxylic acids is 1. The summed E-state index contributed by atoms with van der Waals surface area (Å²) in [7, 11) is 1.30. The molecule has 1 saturated heterocycles. The molecule has 0 radical (unpaired) electrons. The van der Waals surface area contributed by atoms with E-state index in [0.717, 1.165) is 11.0 Å². The van der Waals surface area contributed by atoms with Crippen molar-refractivity contribution in [1.29, 1.82) is 0 Å². The lowest BCUT2D eigenvalue weighted by Gasteiger charge is -2.16. The maximum Gasteiger partial charge on any atom is 0.323 e. The number of hydrogen-bond donors (Lipinski definition) is 1. The summed E-state index contributed by atoms with van der Waals surface area (Å²) in [5, 5.41) is 8.70. The van der Waals surface area contributed by atoms with Crippen molar-refractivity contribution in [2.75, 3.05) is 20.2 Å². The standard InChI is InChI=1S/C13H13F2NO5/c1-20-8-3-9(14)13(10(4-8)21-15)7-2-11(17)16(5-7)6-12(18)19/h3-4,7H,2,5-6H2,1H3,(H,18,19). The van der Waals surface area contributed by atoms with E-state index in [1.54, 1.807) is 0 Å². The number of methoxy groups -OCH3 is 1. The van der Waals surface area contributed by atoms with Crippen LogP contribution in [0.1, 0.15) is 17.9 Å². The first-order valence-corrected chi connectivity index (χ1v) is 6.11. The van der Waals surface area contributed by atoms with Gasteiger partial charge in [-0.2, -0.15) is 0 Å². The molecular formula is C13H13F2NO5. The predicted octanol–water partition coefficient (Wildman–Crippen LogP) is 1.50. The van der Waals surface area contributed by atoms with Crippen molar-refractivity contribution in [3.05, 3.63) is 23.5 Å². The van der Waals surface area contributed by atoms with Gasteiger partial charge in [-0.3, -0.25) is 14.5 Å². The van der Waals surface area contributed by atoms with Gasteiger partial charge in [0, 0.05) is 41.1 Å². The zero-order valence-electron chi connectivity index (χ0n) is 11.1. The van der Waals surface area contributed by atoms with Crippen molar-refractivity contribution in [3.8, 4) is 11.5 Å². The third kappa shape index (κ3) is 3.04. The molecule has 1 atom stereocenters. The number of aliphatic carboxylic acids is 1. The lowest BCUT2D eigenvalue weighted by atomic mass is 9.96.